The van der Waals surface area contributed by atoms with Gasteiger partial charge in [0, 0.05) is 0 Å². The molecular weight excluding hydrogens is 134 g/mol. The second-order valence-electron chi connectivity index (χ2n) is 2.86. The quantitative estimate of drug-likeness (QED) is 0.440. The molecule has 0 rings (SSSR count). The fraction of sp³-hybridized carbons (Fsp3) is 0.800. The molecule has 0 aromatic rings. The lowest BCUT2D eigenvalue weighted by Crippen LogP contribution is -2.05. The summed E-state index contributed by atoms with van der Waals surface area (Å²) in [5.41, 5.74) is 0. The molecule has 0 aliphatic heterocycles. The molecule has 0 aliphatic rings. The molecule has 66 valence electrons. The van der Waals surface area contributed by atoms with Crippen molar-refractivity contribution < 1.29 is 0 Å². The van der Waals surface area contributed by atoms with Gasteiger partial charge >= 0.3 is 0 Å². The van der Waals surface area contributed by atoms with Crippen LogP contribution in [0.4, 0.5) is 0 Å². The van der Waals surface area contributed by atoms with Crippen LogP contribution < -0.4 is 5.32 Å². The van der Waals surface area contributed by atoms with Gasteiger partial charge in [0.05, 0.1) is 0 Å². The first-order valence-electron chi connectivity index (χ1n) is 4.71. The van der Waals surface area contributed by atoms with Gasteiger partial charge in [0.15, 0.2) is 0 Å². The number of hydrogen-bond acceptors (Lipinski definition) is 1. The van der Waals surface area contributed by atoms with Gasteiger partial charge in [0.2, 0.25) is 0 Å². The highest BCUT2D eigenvalue weighted by Crippen LogP contribution is 1.99. The minimum atomic E-state index is 1.10. The maximum Gasteiger partial charge on any atom is -0.00173 e. The predicted molar refractivity (Wildman–Crippen MR) is 51.8 cm³/mol. The summed E-state index contributed by atoms with van der Waals surface area (Å²) >= 11 is 0. The van der Waals surface area contributed by atoms with Crippen molar-refractivity contribution in [3.05, 3.63) is 12.2 Å². The average molecular weight is 155 g/mol. The second kappa shape index (κ2) is 9.70. The minimum absolute atomic E-state index is 1.10. The van der Waals surface area contributed by atoms with Gasteiger partial charge in [-0.25, -0.2) is 0 Å². The Morgan fingerprint density at radius 3 is 2.45 bits per heavy atom. The molecule has 0 radical (unpaired) electrons. The van der Waals surface area contributed by atoms with Crippen molar-refractivity contribution in [1.82, 2.24) is 5.32 Å². The third-order valence-electron chi connectivity index (χ3n) is 1.70. The van der Waals surface area contributed by atoms with Gasteiger partial charge in [-0.15, -0.1) is 0 Å². The van der Waals surface area contributed by atoms with Crippen molar-refractivity contribution in [3.8, 4) is 0 Å². The minimum Gasteiger partial charge on any atom is -0.319 e. The summed E-state index contributed by atoms with van der Waals surface area (Å²) in [7, 11) is 1.99. The molecule has 0 aliphatic carbocycles. The van der Waals surface area contributed by atoms with E-state index in [-0.39, 0.29) is 0 Å². The van der Waals surface area contributed by atoms with Crippen LogP contribution in [-0.4, -0.2) is 13.6 Å². The predicted octanol–water partition coefficient (Wildman–Crippen LogP) is 2.73. The Kier molecular flexibility index (Phi) is 9.44. The average Bonchev–Trinajstić information content (AvgIpc) is 2.03. The molecule has 0 fully saturated rings. The van der Waals surface area contributed by atoms with Gasteiger partial charge in [-0.05, 0) is 32.9 Å². The van der Waals surface area contributed by atoms with Crippen molar-refractivity contribution in [2.45, 2.75) is 39.0 Å². The molecular formula is C10H21N. The van der Waals surface area contributed by atoms with E-state index in [1.165, 1.54) is 32.1 Å². The summed E-state index contributed by atoms with van der Waals surface area (Å²) in [6.45, 7) is 3.34. The smallest absolute Gasteiger partial charge is 0.00173 e. The summed E-state index contributed by atoms with van der Waals surface area (Å²) in [4.78, 5) is 0. The van der Waals surface area contributed by atoms with E-state index >= 15 is 0 Å². The van der Waals surface area contributed by atoms with Crippen LogP contribution in [0, 0.1) is 0 Å². The van der Waals surface area contributed by atoms with E-state index in [1.54, 1.807) is 0 Å². The van der Waals surface area contributed by atoms with Crippen molar-refractivity contribution in [2.75, 3.05) is 13.6 Å². The van der Waals surface area contributed by atoms with E-state index in [1.807, 2.05) is 7.05 Å². The molecule has 11 heavy (non-hydrogen) atoms. The summed E-state index contributed by atoms with van der Waals surface area (Å²) in [6.07, 6.45) is 11.0. The number of unbranched alkanes of at least 4 members (excludes halogenated alkanes) is 3. The second-order valence-corrected chi connectivity index (χ2v) is 2.86. The van der Waals surface area contributed by atoms with E-state index in [9.17, 15) is 0 Å². The monoisotopic (exact) mass is 155 g/mol. The first kappa shape index (κ1) is 10.7. The fourth-order valence-corrected chi connectivity index (χ4v) is 0.976. The zero-order chi connectivity index (χ0) is 8.36. The van der Waals surface area contributed by atoms with Crippen LogP contribution >= 0.6 is 0 Å². The molecule has 0 saturated carbocycles. The van der Waals surface area contributed by atoms with Crippen LogP contribution in [0.25, 0.3) is 0 Å². The SMILES string of the molecule is CCCCCC=CCCNC. The van der Waals surface area contributed by atoms with Gasteiger partial charge < -0.3 is 5.32 Å². The van der Waals surface area contributed by atoms with E-state index < -0.39 is 0 Å². The Hall–Kier alpha value is -0.300. The molecule has 1 N–H and O–H groups in total. The molecule has 0 unspecified atom stereocenters. The van der Waals surface area contributed by atoms with Crippen molar-refractivity contribution in [2.24, 2.45) is 0 Å². The largest absolute Gasteiger partial charge is 0.319 e. The van der Waals surface area contributed by atoms with Gasteiger partial charge in [-0.1, -0.05) is 31.9 Å². The Labute approximate surface area is 70.9 Å². The zero-order valence-corrected chi connectivity index (χ0v) is 7.90. The van der Waals surface area contributed by atoms with Crippen LogP contribution in [0.2, 0.25) is 0 Å². The van der Waals surface area contributed by atoms with Crippen molar-refractivity contribution in [1.29, 1.82) is 0 Å². The Morgan fingerprint density at radius 1 is 1.09 bits per heavy atom. The topological polar surface area (TPSA) is 12.0 Å². The molecule has 1 heteroatoms. The molecule has 1 nitrogen and oxygen atoms in total. The van der Waals surface area contributed by atoms with E-state index in [0.717, 1.165) is 6.54 Å². The van der Waals surface area contributed by atoms with Crippen molar-refractivity contribution in [3.63, 3.8) is 0 Å². The van der Waals surface area contributed by atoms with Gasteiger partial charge in [0.1, 0.15) is 0 Å². The lowest BCUT2D eigenvalue weighted by molar-refractivity contribution is 0.726. The Morgan fingerprint density at radius 2 is 1.82 bits per heavy atom. The summed E-state index contributed by atoms with van der Waals surface area (Å²) in [5, 5.41) is 3.12. The Balaban J connectivity index is 2.91. The Bertz CT molecular complexity index is 86.9. The third-order valence-corrected chi connectivity index (χ3v) is 1.70. The first-order valence-corrected chi connectivity index (χ1v) is 4.71. The molecule has 0 atom stereocenters. The maximum absolute atomic E-state index is 3.12. The number of rotatable bonds is 7. The molecule has 0 aromatic carbocycles. The van der Waals surface area contributed by atoms with Crippen LogP contribution in [0.15, 0.2) is 12.2 Å². The van der Waals surface area contributed by atoms with E-state index in [2.05, 4.69) is 24.4 Å². The highest BCUT2D eigenvalue weighted by Gasteiger charge is 1.81. The lowest BCUT2D eigenvalue weighted by atomic mass is 10.2. The lowest BCUT2D eigenvalue weighted by Gasteiger charge is -1.92. The normalized spacial score (nSPS) is 11.1. The van der Waals surface area contributed by atoms with Crippen LogP contribution in [0.3, 0.4) is 0 Å². The standard InChI is InChI=1S/C10H21N/c1-3-4-5-6-7-8-9-10-11-2/h7-8,11H,3-6,9-10H2,1-2H3. The van der Waals surface area contributed by atoms with Crippen LogP contribution in [0.5, 0.6) is 0 Å². The van der Waals surface area contributed by atoms with Crippen LogP contribution in [0.1, 0.15) is 39.0 Å². The van der Waals surface area contributed by atoms with Gasteiger partial charge in [0.25, 0.3) is 0 Å². The molecule has 0 bridgehead atoms. The van der Waals surface area contributed by atoms with E-state index in [4.69, 9.17) is 0 Å². The van der Waals surface area contributed by atoms with Gasteiger partial charge in [-0.2, -0.15) is 0 Å². The molecule has 0 saturated heterocycles. The highest BCUT2D eigenvalue weighted by atomic mass is 14.8. The van der Waals surface area contributed by atoms with Crippen LogP contribution in [-0.2, 0) is 0 Å². The molecule has 0 spiro atoms. The zero-order valence-electron chi connectivity index (χ0n) is 7.90. The third kappa shape index (κ3) is 9.70. The number of nitrogens with one attached hydrogen (secondary N) is 1. The number of hydrogen-bond donors (Lipinski definition) is 1. The fourth-order valence-electron chi connectivity index (χ4n) is 0.976. The van der Waals surface area contributed by atoms with E-state index in [0.29, 0.717) is 0 Å². The highest BCUT2D eigenvalue weighted by molar-refractivity contribution is 4.81. The van der Waals surface area contributed by atoms with Gasteiger partial charge in [-0.3, -0.25) is 0 Å². The molecule has 0 amide bonds. The molecule has 0 heterocycles. The summed E-state index contributed by atoms with van der Waals surface area (Å²) in [6, 6.07) is 0. The maximum atomic E-state index is 3.12. The molecule has 0 aromatic heterocycles. The summed E-state index contributed by atoms with van der Waals surface area (Å²) < 4.78 is 0. The summed E-state index contributed by atoms with van der Waals surface area (Å²) in [5.74, 6) is 0. The van der Waals surface area contributed by atoms with Crippen molar-refractivity contribution >= 4 is 0 Å². The number of allylic oxidation sites excluding steroid dienone is 1. The first-order chi connectivity index (χ1) is 5.41.